The first-order valence-electron chi connectivity index (χ1n) is 15.5. The Balaban J connectivity index is 1.31. The van der Waals surface area contributed by atoms with E-state index >= 15 is 0 Å². The highest BCUT2D eigenvalue weighted by Crippen LogP contribution is 2.48. The number of rotatable bonds is 9. The lowest BCUT2D eigenvalue weighted by molar-refractivity contribution is -0.140. The fourth-order valence-electron chi connectivity index (χ4n) is 6.67. The van der Waals surface area contributed by atoms with Crippen LogP contribution in [-0.2, 0) is 31.6 Å². The van der Waals surface area contributed by atoms with Gasteiger partial charge >= 0.3 is 5.97 Å². The summed E-state index contributed by atoms with van der Waals surface area (Å²) in [6.07, 6.45) is 4.40. The number of methoxy groups -OCH3 is 1. The van der Waals surface area contributed by atoms with Crippen LogP contribution in [0.4, 0.5) is 0 Å². The summed E-state index contributed by atoms with van der Waals surface area (Å²) in [5.74, 6) is -1.25. The third-order valence-corrected chi connectivity index (χ3v) is 9.14. The van der Waals surface area contributed by atoms with Crippen LogP contribution < -0.4 is 16.2 Å². The van der Waals surface area contributed by atoms with E-state index in [2.05, 4.69) is 10.6 Å². The van der Waals surface area contributed by atoms with Crippen molar-refractivity contribution in [3.63, 3.8) is 0 Å². The van der Waals surface area contributed by atoms with Crippen molar-refractivity contribution >= 4 is 23.7 Å². The van der Waals surface area contributed by atoms with Gasteiger partial charge in [0.2, 0.25) is 11.8 Å². The van der Waals surface area contributed by atoms with E-state index in [1.54, 1.807) is 19.3 Å². The maximum atomic E-state index is 14.1. The van der Waals surface area contributed by atoms with E-state index in [1.165, 1.54) is 17.7 Å². The van der Waals surface area contributed by atoms with Gasteiger partial charge in [0.05, 0.1) is 18.4 Å². The maximum Gasteiger partial charge on any atom is 0.305 e. The second-order valence-corrected chi connectivity index (χ2v) is 11.8. The number of amides is 3. The zero-order valence-electron chi connectivity index (χ0n) is 25.8. The molecule has 0 unspecified atom stereocenters. The number of carbonyl (C=O) groups is 4. The number of hydrogen-bond acceptors (Lipinski definition) is 6. The normalized spacial score (nSPS) is 19.7. The molecule has 0 radical (unpaired) electrons. The van der Waals surface area contributed by atoms with Crippen LogP contribution in [0.5, 0.6) is 0 Å². The summed E-state index contributed by atoms with van der Waals surface area (Å²) in [7, 11) is 2.95. The van der Waals surface area contributed by atoms with E-state index in [0.29, 0.717) is 51.7 Å². The molecule has 2 N–H and O–H groups in total. The molecule has 3 aromatic rings. The number of pyridine rings is 1. The van der Waals surface area contributed by atoms with Crippen LogP contribution in [0.1, 0.15) is 71.5 Å². The van der Waals surface area contributed by atoms with Crippen molar-refractivity contribution in [1.82, 2.24) is 20.1 Å². The molecule has 1 aliphatic carbocycles. The molecule has 5 rings (SSSR count). The molecule has 1 aromatic heterocycles. The third-order valence-electron chi connectivity index (χ3n) is 9.14. The molecule has 10 nitrogen and oxygen atoms in total. The SMILES string of the molecule is COC(=O)CCCNC(=O)[C@]1(c2ccccc2)CC[C@H](C(=O)N2CCC(NC(=O)c3cccn(C)c3=O)CC2)c2ccccc21. The maximum absolute atomic E-state index is 14.1. The van der Waals surface area contributed by atoms with E-state index in [-0.39, 0.29) is 41.4 Å². The largest absolute Gasteiger partial charge is 0.469 e. The molecule has 236 valence electrons. The minimum absolute atomic E-state index is 0.0179. The predicted molar refractivity (Wildman–Crippen MR) is 169 cm³/mol. The summed E-state index contributed by atoms with van der Waals surface area (Å²) in [5, 5.41) is 6.03. The van der Waals surface area contributed by atoms with Gasteiger partial charge in [0.25, 0.3) is 11.5 Å². The topological polar surface area (TPSA) is 127 Å². The fraction of sp³-hybridized carbons (Fsp3) is 0.400. The lowest BCUT2D eigenvalue weighted by Crippen LogP contribution is -2.51. The number of carbonyl (C=O) groups excluding carboxylic acids is 4. The van der Waals surface area contributed by atoms with E-state index in [9.17, 15) is 24.0 Å². The fourth-order valence-corrected chi connectivity index (χ4v) is 6.67. The van der Waals surface area contributed by atoms with E-state index in [1.807, 2.05) is 59.5 Å². The average Bonchev–Trinajstić information content (AvgIpc) is 3.07. The Bertz CT molecular complexity index is 1610. The lowest BCUT2D eigenvalue weighted by Gasteiger charge is -2.42. The summed E-state index contributed by atoms with van der Waals surface area (Å²) in [5.41, 5.74) is 1.30. The van der Waals surface area contributed by atoms with Crippen LogP contribution in [-0.4, -0.2) is 65.9 Å². The smallest absolute Gasteiger partial charge is 0.305 e. The highest BCUT2D eigenvalue weighted by Gasteiger charge is 2.48. The molecule has 3 amide bonds. The summed E-state index contributed by atoms with van der Waals surface area (Å²) in [6.45, 7) is 1.30. The van der Waals surface area contributed by atoms with E-state index in [4.69, 9.17) is 4.74 Å². The van der Waals surface area contributed by atoms with Gasteiger partial charge in [-0.15, -0.1) is 0 Å². The molecule has 2 aromatic carbocycles. The summed E-state index contributed by atoms with van der Waals surface area (Å²) in [4.78, 5) is 66.7. The molecule has 2 aliphatic rings. The molecule has 45 heavy (non-hydrogen) atoms. The number of fused-ring (bicyclic) bond motifs is 1. The first-order valence-corrected chi connectivity index (χ1v) is 15.5. The second-order valence-electron chi connectivity index (χ2n) is 11.8. The van der Waals surface area contributed by atoms with Gasteiger partial charge in [-0.25, -0.2) is 0 Å². The van der Waals surface area contributed by atoms with Gasteiger partial charge in [0.15, 0.2) is 0 Å². The van der Waals surface area contributed by atoms with Crippen molar-refractivity contribution in [1.29, 1.82) is 0 Å². The molecule has 2 heterocycles. The summed E-state index contributed by atoms with van der Waals surface area (Å²) in [6, 6.07) is 20.4. The van der Waals surface area contributed by atoms with Crippen molar-refractivity contribution in [3.05, 3.63) is 106 Å². The molecular weight excluding hydrogens is 572 g/mol. The molecular formula is C35H40N4O6. The number of likely N-dealkylation sites (tertiary alicyclic amines) is 1. The molecule has 10 heteroatoms. The van der Waals surface area contributed by atoms with Gasteiger partial charge < -0.3 is 24.8 Å². The Labute approximate surface area is 262 Å². The zero-order chi connectivity index (χ0) is 32.0. The van der Waals surface area contributed by atoms with Gasteiger partial charge in [0.1, 0.15) is 5.56 Å². The van der Waals surface area contributed by atoms with Crippen molar-refractivity contribution in [2.75, 3.05) is 26.7 Å². The molecule has 2 atom stereocenters. The first-order chi connectivity index (χ1) is 21.8. The predicted octanol–water partition coefficient (Wildman–Crippen LogP) is 3.04. The van der Waals surface area contributed by atoms with E-state index in [0.717, 1.165) is 16.7 Å². The van der Waals surface area contributed by atoms with Crippen LogP contribution >= 0.6 is 0 Å². The number of aromatic nitrogens is 1. The van der Waals surface area contributed by atoms with Crippen LogP contribution in [0.2, 0.25) is 0 Å². The van der Waals surface area contributed by atoms with Crippen LogP contribution in [0.25, 0.3) is 0 Å². The second kappa shape index (κ2) is 13.9. The van der Waals surface area contributed by atoms with Crippen molar-refractivity contribution in [2.45, 2.75) is 55.9 Å². The van der Waals surface area contributed by atoms with Crippen LogP contribution in [0.15, 0.2) is 77.7 Å². The van der Waals surface area contributed by atoms with Gasteiger partial charge in [-0.3, -0.25) is 24.0 Å². The van der Waals surface area contributed by atoms with Gasteiger partial charge in [0, 0.05) is 45.3 Å². The highest BCUT2D eigenvalue weighted by molar-refractivity contribution is 5.95. The highest BCUT2D eigenvalue weighted by atomic mass is 16.5. The van der Waals surface area contributed by atoms with Gasteiger partial charge in [-0.1, -0.05) is 54.6 Å². The Kier molecular flexibility index (Phi) is 9.80. The Morgan fingerprint density at radius 2 is 1.64 bits per heavy atom. The Morgan fingerprint density at radius 1 is 0.933 bits per heavy atom. The molecule has 1 saturated heterocycles. The molecule has 0 saturated carbocycles. The molecule has 0 bridgehead atoms. The first kappa shape index (κ1) is 31.7. The number of hydrogen-bond donors (Lipinski definition) is 2. The van der Waals surface area contributed by atoms with Crippen molar-refractivity contribution in [2.24, 2.45) is 7.05 Å². The minimum Gasteiger partial charge on any atom is -0.469 e. The van der Waals surface area contributed by atoms with Crippen LogP contribution in [0.3, 0.4) is 0 Å². The zero-order valence-corrected chi connectivity index (χ0v) is 25.8. The summed E-state index contributed by atoms with van der Waals surface area (Å²) < 4.78 is 6.10. The molecule has 1 aliphatic heterocycles. The number of ether oxygens (including phenoxy) is 1. The monoisotopic (exact) mass is 612 g/mol. The number of esters is 1. The van der Waals surface area contributed by atoms with E-state index < -0.39 is 17.2 Å². The molecule has 1 fully saturated rings. The Hall–Kier alpha value is -4.73. The van der Waals surface area contributed by atoms with Gasteiger partial charge in [-0.05, 0) is 60.9 Å². The van der Waals surface area contributed by atoms with Gasteiger partial charge in [-0.2, -0.15) is 0 Å². The number of nitrogens with zero attached hydrogens (tertiary/aromatic N) is 2. The minimum atomic E-state index is -0.980. The number of benzene rings is 2. The number of aryl methyl sites for hydroxylation is 1. The third kappa shape index (κ3) is 6.55. The van der Waals surface area contributed by atoms with Crippen LogP contribution in [0, 0.1) is 0 Å². The standard InChI is InChI=1S/C35H40N4O6/c1-38-21-9-13-28(32(38)42)31(41)37-25-17-22-39(23-18-25)33(43)27-16-19-35(24-10-4-3-5-11-24,29-14-7-6-12-26(27)29)34(44)36-20-8-15-30(40)45-2/h3-7,9-14,21,25,27H,8,15-20,22-23H2,1-2H3,(H,36,44)(H,37,41)/t27-,35-/m0/s1. The molecule has 0 spiro atoms. The van der Waals surface area contributed by atoms with Crippen molar-refractivity contribution in [3.8, 4) is 0 Å². The van der Waals surface area contributed by atoms with Crippen molar-refractivity contribution < 1.29 is 23.9 Å². The number of piperidine rings is 1. The average molecular weight is 613 g/mol. The summed E-state index contributed by atoms with van der Waals surface area (Å²) >= 11 is 0. The lowest BCUT2D eigenvalue weighted by atomic mass is 9.62. The Morgan fingerprint density at radius 3 is 2.38 bits per heavy atom. The number of nitrogens with one attached hydrogen (secondary N) is 2. The quantitative estimate of drug-likeness (QED) is 0.283.